The number of nitrogen functional groups attached to an aromatic ring is 1. The Morgan fingerprint density at radius 1 is 1.88 bits per heavy atom. The Bertz CT molecular complexity index is 174. The van der Waals surface area contributed by atoms with Crippen molar-refractivity contribution in [3.8, 4) is 0 Å². The van der Waals surface area contributed by atoms with Gasteiger partial charge in [0.15, 0.2) is 5.16 Å². The molecule has 0 unspecified atom stereocenters. The zero-order valence-corrected chi connectivity index (χ0v) is 5.39. The highest BCUT2D eigenvalue weighted by Gasteiger charge is 1.94. The van der Waals surface area contributed by atoms with E-state index in [0.717, 1.165) is 5.69 Å². The topological polar surface area (TPSA) is 43.8 Å². The van der Waals surface area contributed by atoms with Crippen molar-refractivity contribution in [3.63, 3.8) is 0 Å². The summed E-state index contributed by atoms with van der Waals surface area (Å²) in [6.07, 6.45) is 1.67. The van der Waals surface area contributed by atoms with Crippen molar-refractivity contribution in [1.29, 1.82) is 0 Å². The molecule has 0 saturated heterocycles. The molecule has 1 heterocycles. The molecule has 0 fully saturated rings. The molecule has 0 aliphatic rings. The molecular formula is C4H7N3S. The molecule has 0 saturated carbocycles. The van der Waals surface area contributed by atoms with Crippen molar-refractivity contribution in [2.75, 3.05) is 5.84 Å². The summed E-state index contributed by atoms with van der Waals surface area (Å²) in [7, 11) is 0. The Labute approximate surface area is 52.9 Å². The number of hydrogen-bond donors (Lipinski definition) is 2. The van der Waals surface area contributed by atoms with Gasteiger partial charge >= 0.3 is 0 Å². The first kappa shape index (κ1) is 5.50. The number of nitrogens with two attached hydrogens (primary N) is 1. The van der Waals surface area contributed by atoms with Gasteiger partial charge < -0.3 is 5.84 Å². The van der Waals surface area contributed by atoms with Gasteiger partial charge in [-0.25, -0.2) is 9.66 Å². The Morgan fingerprint density at radius 3 is 2.62 bits per heavy atom. The molecule has 0 aliphatic heterocycles. The number of nitrogens with zero attached hydrogens (tertiary/aromatic N) is 2. The first-order chi connectivity index (χ1) is 3.72. The zero-order valence-electron chi connectivity index (χ0n) is 4.50. The highest BCUT2D eigenvalue weighted by atomic mass is 32.1. The number of imidazole rings is 1. The van der Waals surface area contributed by atoms with Crippen LogP contribution in [0.5, 0.6) is 0 Å². The summed E-state index contributed by atoms with van der Waals surface area (Å²) in [5, 5.41) is 0.544. The predicted molar refractivity (Wildman–Crippen MR) is 34.4 cm³/mol. The summed E-state index contributed by atoms with van der Waals surface area (Å²) in [5.41, 5.74) is 0.912. The monoisotopic (exact) mass is 129 g/mol. The van der Waals surface area contributed by atoms with E-state index >= 15 is 0 Å². The number of aryl methyl sites for hydroxylation is 1. The van der Waals surface area contributed by atoms with Gasteiger partial charge in [0.05, 0.1) is 11.9 Å². The van der Waals surface area contributed by atoms with Crippen LogP contribution in [0.15, 0.2) is 11.4 Å². The first-order valence-electron chi connectivity index (χ1n) is 2.20. The van der Waals surface area contributed by atoms with E-state index in [1.54, 1.807) is 6.20 Å². The number of thiol groups is 1. The van der Waals surface area contributed by atoms with Crippen molar-refractivity contribution < 1.29 is 0 Å². The standard InChI is InChI=1S/C4H7N3S/c1-3-2-6-4(8)7(3)5/h2H,5H2,1H3,(H,6,8). The third kappa shape index (κ3) is 0.667. The van der Waals surface area contributed by atoms with Gasteiger partial charge in [-0.2, -0.15) is 0 Å². The second kappa shape index (κ2) is 1.70. The largest absolute Gasteiger partial charge is 0.337 e. The molecule has 0 radical (unpaired) electrons. The van der Waals surface area contributed by atoms with Gasteiger partial charge in [0.1, 0.15) is 0 Å². The van der Waals surface area contributed by atoms with E-state index in [4.69, 9.17) is 5.84 Å². The second-order valence-electron chi connectivity index (χ2n) is 1.57. The van der Waals surface area contributed by atoms with Gasteiger partial charge in [0.2, 0.25) is 0 Å². The molecule has 0 amide bonds. The van der Waals surface area contributed by atoms with Crippen molar-refractivity contribution in [2.24, 2.45) is 0 Å². The van der Waals surface area contributed by atoms with Crippen LogP contribution in [0.1, 0.15) is 5.69 Å². The van der Waals surface area contributed by atoms with E-state index in [1.165, 1.54) is 4.68 Å². The van der Waals surface area contributed by atoms with Gasteiger partial charge in [0, 0.05) is 0 Å². The summed E-state index contributed by atoms with van der Waals surface area (Å²) in [6.45, 7) is 1.87. The molecule has 0 spiro atoms. The predicted octanol–water partition coefficient (Wildman–Crippen LogP) is 0.194. The van der Waals surface area contributed by atoms with Gasteiger partial charge in [0.25, 0.3) is 0 Å². The number of rotatable bonds is 0. The smallest absolute Gasteiger partial charge is 0.183 e. The summed E-state index contributed by atoms with van der Waals surface area (Å²) in [6, 6.07) is 0. The van der Waals surface area contributed by atoms with Crippen molar-refractivity contribution >= 4 is 12.6 Å². The molecule has 0 atom stereocenters. The van der Waals surface area contributed by atoms with Crippen LogP contribution >= 0.6 is 12.6 Å². The summed E-state index contributed by atoms with van der Waals surface area (Å²) < 4.78 is 1.42. The van der Waals surface area contributed by atoms with Crippen LogP contribution in [0.4, 0.5) is 0 Å². The minimum atomic E-state index is 0.544. The van der Waals surface area contributed by atoms with Crippen LogP contribution < -0.4 is 5.84 Å². The summed E-state index contributed by atoms with van der Waals surface area (Å²) in [5.74, 6) is 5.38. The lowest BCUT2D eigenvalue weighted by molar-refractivity contribution is 0.830. The van der Waals surface area contributed by atoms with Crippen molar-refractivity contribution in [3.05, 3.63) is 11.9 Å². The van der Waals surface area contributed by atoms with E-state index < -0.39 is 0 Å². The molecule has 0 aliphatic carbocycles. The lowest BCUT2D eigenvalue weighted by Gasteiger charge is -1.93. The minimum Gasteiger partial charge on any atom is -0.337 e. The Morgan fingerprint density at radius 2 is 2.50 bits per heavy atom. The molecule has 44 valence electrons. The highest BCUT2D eigenvalue weighted by Crippen LogP contribution is 2.01. The Hall–Kier alpha value is -0.640. The van der Waals surface area contributed by atoms with Gasteiger partial charge in [-0.3, -0.25) is 0 Å². The Balaban J connectivity index is 3.19. The van der Waals surface area contributed by atoms with Gasteiger partial charge in [-0.15, -0.1) is 12.6 Å². The lowest BCUT2D eigenvalue weighted by Crippen LogP contribution is -2.09. The Kier molecular flexibility index (Phi) is 1.17. The average molecular weight is 129 g/mol. The van der Waals surface area contributed by atoms with Crippen LogP contribution in [-0.4, -0.2) is 9.66 Å². The van der Waals surface area contributed by atoms with Crippen LogP contribution in [0, 0.1) is 6.92 Å². The van der Waals surface area contributed by atoms with E-state index in [-0.39, 0.29) is 0 Å². The van der Waals surface area contributed by atoms with Crippen LogP contribution in [0.2, 0.25) is 0 Å². The molecule has 4 heteroatoms. The SMILES string of the molecule is Cc1cnc(S)n1N. The maximum absolute atomic E-state index is 5.38. The van der Waals surface area contributed by atoms with Gasteiger partial charge in [-0.1, -0.05) is 0 Å². The molecule has 1 rings (SSSR count). The highest BCUT2D eigenvalue weighted by molar-refractivity contribution is 7.80. The van der Waals surface area contributed by atoms with E-state index in [9.17, 15) is 0 Å². The van der Waals surface area contributed by atoms with Crippen LogP contribution in [0.3, 0.4) is 0 Å². The molecular weight excluding hydrogens is 122 g/mol. The quantitative estimate of drug-likeness (QED) is 0.388. The molecule has 1 aromatic rings. The fourth-order valence-corrected chi connectivity index (χ4v) is 0.649. The molecule has 0 bridgehead atoms. The lowest BCUT2D eigenvalue weighted by atomic mass is 10.6. The fourth-order valence-electron chi connectivity index (χ4n) is 0.433. The maximum atomic E-state index is 5.38. The molecule has 3 nitrogen and oxygen atoms in total. The van der Waals surface area contributed by atoms with E-state index in [0.29, 0.717) is 5.16 Å². The molecule has 1 aromatic heterocycles. The van der Waals surface area contributed by atoms with Gasteiger partial charge in [-0.05, 0) is 6.92 Å². The number of aromatic nitrogens is 2. The third-order valence-corrected chi connectivity index (χ3v) is 1.29. The first-order valence-corrected chi connectivity index (χ1v) is 2.65. The van der Waals surface area contributed by atoms with Crippen LogP contribution in [0.25, 0.3) is 0 Å². The van der Waals surface area contributed by atoms with Crippen molar-refractivity contribution in [2.45, 2.75) is 12.1 Å². The average Bonchev–Trinajstić information content (AvgIpc) is 1.98. The number of hydrogen-bond acceptors (Lipinski definition) is 3. The minimum absolute atomic E-state index is 0.544. The summed E-state index contributed by atoms with van der Waals surface area (Å²) >= 11 is 3.95. The molecule has 2 N–H and O–H groups in total. The molecule has 0 aromatic carbocycles. The normalized spacial score (nSPS) is 9.75. The fraction of sp³-hybridized carbons (Fsp3) is 0.250. The zero-order chi connectivity index (χ0) is 6.15. The molecule has 8 heavy (non-hydrogen) atoms. The summed E-state index contributed by atoms with van der Waals surface area (Å²) in [4.78, 5) is 3.82. The second-order valence-corrected chi connectivity index (χ2v) is 1.97. The van der Waals surface area contributed by atoms with E-state index in [2.05, 4.69) is 17.6 Å². The third-order valence-electron chi connectivity index (χ3n) is 0.962. The maximum Gasteiger partial charge on any atom is 0.183 e. The van der Waals surface area contributed by atoms with Crippen molar-refractivity contribution in [1.82, 2.24) is 9.66 Å². The van der Waals surface area contributed by atoms with Crippen LogP contribution in [-0.2, 0) is 0 Å². The van der Waals surface area contributed by atoms with E-state index in [1.807, 2.05) is 6.92 Å².